The van der Waals surface area contributed by atoms with Crippen molar-refractivity contribution in [2.75, 3.05) is 31.7 Å². The van der Waals surface area contributed by atoms with Crippen molar-refractivity contribution < 1.29 is 33.5 Å². The number of aryl methyl sites for hydroxylation is 1. The number of nitrogens with zero attached hydrogens (tertiary/aromatic N) is 1. The topological polar surface area (TPSA) is 126 Å². The molecule has 0 saturated carbocycles. The molecule has 0 spiro atoms. The first-order valence-electron chi connectivity index (χ1n) is 9.26. The number of hydrogen-bond acceptors (Lipinski definition) is 8. The van der Waals surface area contributed by atoms with Crippen molar-refractivity contribution in [3.05, 3.63) is 51.0 Å². The molecular weight excluding hydrogens is 432 g/mol. The van der Waals surface area contributed by atoms with Crippen LogP contribution in [0.15, 0.2) is 30.3 Å². The van der Waals surface area contributed by atoms with E-state index < -0.39 is 30.0 Å². The van der Waals surface area contributed by atoms with E-state index in [0.29, 0.717) is 30.4 Å². The van der Waals surface area contributed by atoms with E-state index in [1.54, 1.807) is 25.1 Å². The van der Waals surface area contributed by atoms with Crippen molar-refractivity contribution in [1.29, 1.82) is 0 Å². The Hall–Kier alpha value is -3.53. The van der Waals surface area contributed by atoms with Gasteiger partial charge in [0.1, 0.15) is 11.4 Å². The molecule has 31 heavy (non-hydrogen) atoms. The largest absolute Gasteiger partial charge is 0.489 e. The number of halogens is 1. The number of hydrogen-bond donors (Lipinski definition) is 1. The molecule has 1 aliphatic heterocycles. The van der Waals surface area contributed by atoms with Gasteiger partial charge in [0, 0.05) is 17.5 Å². The zero-order chi connectivity index (χ0) is 22.4. The molecule has 10 nitrogen and oxygen atoms in total. The van der Waals surface area contributed by atoms with E-state index in [0.717, 1.165) is 5.56 Å². The first kappa shape index (κ1) is 22.2. The second-order valence-electron chi connectivity index (χ2n) is 6.53. The molecule has 1 aliphatic rings. The number of nitrogens with one attached hydrogen (secondary N) is 1. The second-order valence-corrected chi connectivity index (χ2v) is 6.94. The minimum absolute atomic E-state index is 0.0943. The molecule has 1 heterocycles. The molecule has 0 radical (unpaired) electrons. The predicted molar refractivity (Wildman–Crippen MR) is 110 cm³/mol. The summed E-state index contributed by atoms with van der Waals surface area (Å²) < 4.78 is 21.1. The van der Waals surface area contributed by atoms with Gasteiger partial charge in [-0.1, -0.05) is 11.6 Å². The van der Waals surface area contributed by atoms with Crippen LogP contribution in [0.2, 0.25) is 5.02 Å². The SMILES string of the molecule is Cc1cc(OCC(=O)OCC(=O)Nc2cc3c(cc2[N+](=O)[O-])OCCCO3)ccc1Cl. The molecule has 3 rings (SSSR count). The lowest BCUT2D eigenvalue weighted by Gasteiger charge is -2.12. The smallest absolute Gasteiger partial charge is 0.344 e. The summed E-state index contributed by atoms with van der Waals surface area (Å²) in [4.78, 5) is 34.7. The third-order valence-corrected chi connectivity index (χ3v) is 4.61. The third kappa shape index (κ3) is 5.98. The van der Waals surface area contributed by atoms with Crippen LogP contribution in [-0.4, -0.2) is 43.2 Å². The van der Waals surface area contributed by atoms with Crippen molar-refractivity contribution in [2.45, 2.75) is 13.3 Å². The van der Waals surface area contributed by atoms with Crippen molar-refractivity contribution in [3.63, 3.8) is 0 Å². The maximum absolute atomic E-state index is 12.1. The van der Waals surface area contributed by atoms with Gasteiger partial charge in [0.2, 0.25) is 0 Å². The standard InChI is InChI=1S/C20H19ClN2O8/c1-12-7-13(3-4-14(12)21)30-11-20(25)31-10-19(24)22-15-8-17-18(9-16(15)23(26)27)29-6-2-5-28-17/h3-4,7-9H,2,5-6,10-11H2,1H3,(H,22,24). The average molecular weight is 451 g/mol. The van der Waals surface area contributed by atoms with Gasteiger partial charge in [-0.15, -0.1) is 0 Å². The van der Waals surface area contributed by atoms with Crippen LogP contribution in [0.1, 0.15) is 12.0 Å². The first-order valence-corrected chi connectivity index (χ1v) is 9.63. The summed E-state index contributed by atoms with van der Waals surface area (Å²) in [5.41, 5.74) is 0.317. The number of benzene rings is 2. The van der Waals surface area contributed by atoms with Gasteiger partial charge in [0.25, 0.3) is 11.6 Å². The Kier molecular flexibility index (Phi) is 7.14. The molecular formula is C20H19ClN2O8. The monoisotopic (exact) mass is 450 g/mol. The normalized spacial score (nSPS) is 12.5. The van der Waals surface area contributed by atoms with Gasteiger partial charge in [-0.2, -0.15) is 0 Å². The summed E-state index contributed by atoms with van der Waals surface area (Å²) in [7, 11) is 0. The van der Waals surface area contributed by atoms with E-state index in [9.17, 15) is 19.7 Å². The van der Waals surface area contributed by atoms with Crippen LogP contribution in [0.25, 0.3) is 0 Å². The number of ether oxygens (including phenoxy) is 4. The quantitative estimate of drug-likeness (QED) is 0.387. The molecule has 1 amide bonds. The lowest BCUT2D eigenvalue weighted by Crippen LogP contribution is -2.24. The molecule has 164 valence electrons. The van der Waals surface area contributed by atoms with Crippen LogP contribution in [0.4, 0.5) is 11.4 Å². The molecule has 1 N–H and O–H groups in total. The first-order chi connectivity index (χ1) is 14.8. The number of amides is 1. The van der Waals surface area contributed by atoms with Gasteiger partial charge >= 0.3 is 5.97 Å². The molecule has 0 atom stereocenters. The molecule has 2 aromatic carbocycles. The van der Waals surface area contributed by atoms with Gasteiger partial charge in [-0.3, -0.25) is 14.9 Å². The fourth-order valence-electron chi connectivity index (χ4n) is 2.67. The van der Waals surface area contributed by atoms with E-state index in [4.69, 9.17) is 30.5 Å². The number of rotatable bonds is 7. The highest BCUT2D eigenvalue weighted by Gasteiger charge is 2.23. The third-order valence-electron chi connectivity index (χ3n) is 4.19. The Morgan fingerprint density at radius 3 is 2.55 bits per heavy atom. The molecule has 0 fully saturated rings. The maximum Gasteiger partial charge on any atom is 0.344 e. The summed E-state index contributed by atoms with van der Waals surface area (Å²) in [6.07, 6.45) is 0.623. The van der Waals surface area contributed by atoms with Gasteiger partial charge in [0.15, 0.2) is 24.7 Å². The summed E-state index contributed by atoms with van der Waals surface area (Å²) in [6.45, 7) is 1.47. The van der Waals surface area contributed by atoms with Crippen LogP contribution < -0.4 is 19.5 Å². The van der Waals surface area contributed by atoms with Crippen LogP contribution in [-0.2, 0) is 14.3 Å². The molecule has 0 aromatic heterocycles. The summed E-state index contributed by atoms with van der Waals surface area (Å²) in [5.74, 6) is -0.611. The van der Waals surface area contributed by atoms with E-state index in [1.807, 2.05) is 0 Å². The molecule has 0 saturated heterocycles. The molecule has 0 unspecified atom stereocenters. The van der Waals surface area contributed by atoms with E-state index in [-0.39, 0.29) is 22.9 Å². The molecule has 2 aromatic rings. The Balaban J connectivity index is 1.56. The number of esters is 1. The van der Waals surface area contributed by atoms with Crippen molar-refractivity contribution >= 4 is 34.9 Å². The molecule has 11 heteroatoms. The zero-order valence-electron chi connectivity index (χ0n) is 16.5. The van der Waals surface area contributed by atoms with Crippen LogP contribution in [0, 0.1) is 17.0 Å². The van der Waals surface area contributed by atoms with Gasteiger partial charge in [-0.25, -0.2) is 4.79 Å². The highest BCUT2D eigenvalue weighted by molar-refractivity contribution is 6.31. The van der Waals surface area contributed by atoms with E-state index in [1.165, 1.54) is 12.1 Å². The van der Waals surface area contributed by atoms with E-state index in [2.05, 4.69) is 5.32 Å². The lowest BCUT2D eigenvalue weighted by atomic mass is 10.2. The van der Waals surface area contributed by atoms with Gasteiger partial charge in [0.05, 0.1) is 24.2 Å². The highest BCUT2D eigenvalue weighted by atomic mass is 35.5. The highest BCUT2D eigenvalue weighted by Crippen LogP contribution is 2.39. The number of fused-ring (bicyclic) bond motifs is 1. The predicted octanol–water partition coefficient (Wildman–Crippen LogP) is 3.28. The number of nitro benzene ring substituents is 1. The van der Waals surface area contributed by atoms with E-state index >= 15 is 0 Å². The number of carbonyl (C=O) groups excluding carboxylic acids is 2. The number of nitro groups is 1. The second kappa shape index (κ2) is 9.98. The van der Waals surface area contributed by atoms with Gasteiger partial charge in [-0.05, 0) is 30.7 Å². The van der Waals surface area contributed by atoms with Crippen molar-refractivity contribution in [3.8, 4) is 17.2 Å². The number of carbonyl (C=O) groups is 2. The summed E-state index contributed by atoms with van der Waals surface area (Å²) in [6, 6.07) is 7.38. The zero-order valence-corrected chi connectivity index (χ0v) is 17.3. The Labute approximate surface area is 182 Å². The molecule has 0 bridgehead atoms. The van der Waals surface area contributed by atoms with Crippen molar-refractivity contribution in [2.24, 2.45) is 0 Å². The van der Waals surface area contributed by atoms with Crippen LogP contribution in [0.3, 0.4) is 0 Å². The minimum Gasteiger partial charge on any atom is -0.489 e. The minimum atomic E-state index is -0.782. The summed E-state index contributed by atoms with van der Waals surface area (Å²) in [5, 5.41) is 14.3. The fraction of sp³-hybridized carbons (Fsp3) is 0.300. The summed E-state index contributed by atoms with van der Waals surface area (Å²) >= 11 is 5.92. The Morgan fingerprint density at radius 2 is 1.87 bits per heavy atom. The average Bonchev–Trinajstić information content (AvgIpc) is 2.97. The molecule has 0 aliphatic carbocycles. The number of anilines is 1. The Bertz CT molecular complexity index is 1010. The lowest BCUT2D eigenvalue weighted by molar-refractivity contribution is -0.384. The Morgan fingerprint density at radius 1 is 1.16 bits per heavy atom. The van der Waals surface area contributed by atoms with Crippen LogP contribution >= 0.6 is 11.6 Å². The van der Waals surface area contributed by atoms with Crippen molar-refractivity contribution in [1.82, 2.24) is 0 Å². The van der Waals surface area contributed by atoms with Crippen LogP contribution in [0.5, 0.6) is 17.2 Å². The fourth-order valence-corrected chi connectivity index (χ4v) is 2.79. The maximum atomic E-state index is 12.1. The van der Waals surface area contributed by atoms with Gasteiger partial charge < -0.3 is 24.3 Å².